The molecule has 7 heavy (non-hydrogen) atoms. The Kier molecular flexibility index (Phi) is 14.5. The standard InChI is InChI=1S/C2H2NO2.HI.Zn/c1-2-3(4)5;;/h1-2H;1H;/q-1;;+2/p-1. The van der Waals surface area contributed by atoms with Crippen molar-refractivity contribution in [1.82, 2.24) is 0 Å². The Hall–Kier alpha value is 0.493. The van der Waals surface area contributed by atoms with Gasteiger partial charge >= 0.3 is 34.5 Å². The first-order valence-corrected chi connectivity index (χ1v) is 10.3. The van der Waals surface area contributed by atoms with E-state index >= 15 is 0 Å². The molecule has 0 aliphatic heterocycles. The molecule has 0 saturated carbocycles. The van der Waals surface area contributed by atoms with Crippen LogP contribution in [0.5, 0.6) is 0 Å². The second-order valence-electron chi connectivity index (χ2n) is 0.434. The predicted molar refractivity (Wildman–Crippen MR) is 29.9 cm³/mol. The third-order valence-corrected chi connectivity index (χ3v) is 0.122. The molecule has 0 saturated heterocycles. The van der Waals surface area contributed by atoms with Crippen molar-refractivity contribution in [3.05, 3.63) is 22.9 Å². The van der Waals surface area contributed by atoms with Gasteiger partial charge in [0.25, 0.3) is 0 Å². The molecule has 3 nitrogen and oxygen atoms in total. The summed E-state index contributed by atoms with van der Waals surface area (Å²) in [7, 11) is 0. The Bertz CT molecular complexity index is 66.7. The van der Waals surface area contributed by atoms with Gasteiger partial charge in [0.05, 0.1) is 6.20 Å². The maximum absolute atomic E-state index is 8.99. The molecule has 0 spiro atoms. The van der Waals surface area contributed by atoms with Gasteiger partial charge in [0.1, 0.15) is 0 Å². The third-order valence-electron chi connectivity index (χ3n) is 0.122. The van der Waals surface area contributed by atoms with Crippen molar-refractivity contribution in [2.75, 3.05) is 0 Å². The van der Waals surface area contributed by atoms with Crippen molar-refractivity contribution in [3.63, 3.8) is 0 Å². The third kappa shape index (κ3) is 21.1. The molecule has 0 aromatic carbocycles. The molecule has 0 N–H and O–H groups in total. The molecular formula is C2H2INO2Zn. The van der Waals surface area contributed by atoms with E-state index in [0.717, 1.165) is 0 Å². The summed E-state index contributed by atoms with van der Waals surface area (Å²) >= 11 is 3.62. The van der Waals surface area contributed by atoms with Crippen LogP contribution in [0.15, 0.2) is 6.20 Å². The molecule has 5 heteroatoms. The molecule has 0 bridgehead atoms. The van der Waals surface area contributed by atoms with Gasteiger partial charge in [-0.05, 0) is 0 Å². The van der Waals surface area contributed by atoms with E-state index in [-0.39, 0.29) is 0 Å². The first-order chi connectivity index (χ1) is 3.27. The second kappa shape index (κ2) is 9.71. The van der Waals surface area contributed by atoms with Gasteiger partial charge < -0.3 is 6.58 Å². The van der Waals surface area contributed by atoms with Gasteiger partial charge in [-0.2, -0.15) is 0 Å². The number of nitrogens with zero attached hydrogens (tertiary/aromatic N) is 1. The normalized spacial score (nSPS) is 5.57. The zero-order chi connectivity index (χ0) is 6.28. The van der Waals surface area contributed by atoms with Gasteiger partial charge in [0.2, 0.25) is 0 Å². The van der Waals surface area contributed by atoms with Crippen molar-refractivity contribution >= 4 is 19.8 Å². The zero-order valence-electron chi connectivity index (χ0n) is 3.50. The molecule has 0 aromatic rings. The van der Waals surface area contributed by atoms with E-state index in [9.17, 15) is 0 Å². The van der Waals surface area contributed by atoms with Crippen LogP contribution in [-0.4, -0.2) is 4.92 Å². The minimum atomic E-state index is -0.722. The first kappa shape index (κ1) is 10.5. The molecular weight excluding hydrogens is 262 g/mol. The molecule has 0 radical (unpaired) electrons. The molecule has 0 atom stereocenters. The van der Waals surface area contributed by atoms with Gasteiger partial charge in [-0.25, -0.2) is 0 Å². The molecule has 0 aliphatic carbocycles. The summed E-state index contributed by atoms with van der Waals surface area (Å²) < 4.78 is 0. The summed E-state index contributed by atoms with van der Waals surface area (Å²) in [6.45, 7) is 4.35. The Morgan fingerprint density at radius 2 is 2.00 bits per heavy atom. The summed E-state index contributed by atoms with van der Waals surface area (Å²) in [5.74, 6) is 0. The minimum absolute atomic E-state index is 0.389. The monoisotopic (exact) mass is 263 g/mol. The van der Waals surface area contributed by atoms with E-state index in [1.165, 1.54) is 14.8 Å². The van der Waals surface area contributed by atoms with Crippen molar-refractivity contribution < 1.29 is 19.7 Å². The van der Waals surface area contributed by atoms with Crippen molar-refractivity contribution in [1.29, 1.82) is 0 Å². The number of halogens is 1. The first-order valence-electron chi connectivity index (χ1n) is 1.22. The van der Waals surface area contributed by atoms with Gasteiger partial charge in [0.15, 0.2) is 0 Å². The summed E-state index contributed by atoms with van der Waals surface area (Å²) in [6.07, 6.45) is 0.389. The quantitative estimate of drug-likeness (QED) is 0.234. The van der Waals surface area contributed by atoms with Crippen molar-refractivity contribution in [2.45, 2.75) is 0 Å². The number of nitro groups is 1. The molecule has 0 unspecified atom stereocenters. The molecule has 0 aromatic heterocycles. The van der Waals surface area contributed by atoms with Crippen LogP contribution in [0.2, 0.25) is 0 Å². The average molecular weight is 264 g/mol. The fourth-order valence-corrected chi connectivity index (χ4v) is 0. The fraction of sp³-hybridized carbons (Fsp3) is 0. The summed E-state index contributed by atoms with van der Waals surface area (Å²) in [6, 6.07) is 0. The predicted octanol–water partition coefficient (Wildman–Crippen LogP) is 1.09. The SMILES string of the molecule is [CH-]=C[N+](=O)[O-].[Zn+][I]. The van der Waals surface area contributed by atoms with Crippen LogP contribution in [0.4, 0.5) is 0 Å². The maximum atomic E-state index is 8.99. The zero-order valence-corrected chi connectivity index (χ0v) is 8.63. The van der Waals surface area contributed by atoms with Crippen LogP contribution in [0.3, 0.4) is 0 Å². The van der Waals surface area contributed by atoms with E-state index in [1.54, 1.807) is 0 Å². The van der Waals surface area contributed by atoms with Gasteiger partial charge in [-0.3, -0.25) is 10.1 Å². The Morgan fingerprint density at radius 1 is 1.86 bits per heavy atom. The van der Waals surface area contributed by atoms with E-state index < -0.39 is 4.92 Å². The van der Waals surface area contributed by atoms with Crippen LogP contribution in [0.1, 0.15) is 0 Å². The van der Waals surface area contributed by atoms with E-state index in [1.807, 2.05) is 0 Å². The Morgan fingerprint density at radius 3 is 2.00 bits per heavy atom. The van der Waals surface area contributed by atoms with Gasteiger partial charge in [0, 0.05) is 4.92 Å². The number of rotatable bonds is 1. The van der Waals surface area contributed by atoms with Crippen molar-refractivity contribution in [3.8, 4) is 0 Å². The Labute approximate surface area is 62.2 Å². The number of hydrogen-bond acceptors (Lipinski definition) is 2. The molecule has 0 fully saturated rings. The number of hydrogen-bond donors (Lipinski definition) is 0. The van der Waals surface area contributed by atoms with Crippen molar-refractivity contribution in [2.24, 2.45) is 0 Å². The van der Waals surface area contributed by atoms with Gasteiger partial charge in [-0.15, -0.1) is 0 Å². The van der Waals surface area contributed by atoms with Crippen LogP contribution in [-0.2, 0) is 14.8 Å². The summed E-state index contributed by atoms with van der Waals surface area (Å²) in [5.41, 5.74) is 0. The van der Waals surface area contributed by atoms with E-state index in [4.69, 9.17) is 10.1 Å². The fourth-order valence-electron chi connectivity index (χ4n) is 0. The topological polar surface area (TPSA) is 43.1 Å². The van der Waals surface area contributed by atoms with Crippen LogP contribution in [0, 0.1) is 16.7 Å². The molecule has 0 rings (SSSR count). The molecule has 0 heterocycles. The molecule has 0 aliphatic rings. The van der Waals surface area contributed by atoms with Crippen LogP contribution in [0.25, 0.3) is 0 Å². The van der Waals surface area contributed by atoms with E-state index in [0.29, 0.717) is 6.20 Å². The van der Waals surface area contributed by atoms with Crippen LogP contribution < -0.4 is 0 Å². The second-order valence-corrected chi connectivity index (χ2v) is 0.434. The molecule has 36 valence electrons. The van der Waals surface area contributed by atoms with Crippen LogP contribution >= 0.6 is 19.8 Å². The van der Waals surface area contributed by atoms with Gasteiger partial charge in [-0.1, -0.05) is 0 Å². The summed E-state index contributed by atoms with van der Waals surface area (Å²) in [4.78, 5) is 8.27. The average Bonchev–Trinajstić information content (AvgIpc) is 1.73. The summed E-state index contributed by atoms with van der Waals surface area (Å²) in [5, 5.41) is 8.99. The van der Waals surface area contributed by atoms with E-state index in [2.05, 4.69) is 26.3 Å². The Balaban J connectivity index is 0. The molecule has 0 amide bonds.